The van der Waals surface area contributed by atoms with Crippen LogP contribution >= 0.6 is 11.6 Å². The molecule has 1 amide bonds. The number of hydrogen-bond donors (Lipinski definition) is 1. The number of aryl methyl sites for hydroxylation is 3. The van der Waals surface area contributed by atoms with Gasteiger partial charge in [-0.15, -0.1) is 0 Å². The van der Waals surface area contributed by atoms with Crippen LogP contribution in [-0.4, -0.2) is 25.0 Å². The smallest absolute Gasteiger partial charge is 0.325 e. The normalized spacial score (nSPS) is 11.0. The van der Waals surface area contributed by atoms with E-state index in [0.717, 1.165) is 15.7 Å². The number of rotatable bonds is 4. The highest BCUT2D eigenvalue weighted by atomic mass is 35.5. The molecule has 0 saturated heterocycles. The van der Waals surface area contributed by atoms with Crippen LogP contribution in [0.4, 0.5) is 5.69 Å². The van der Waals surface area contributed by atoms with E-state index in [2.05, 4.69) is 15.3 Å². The fraction of sp³-hybridized carbons (Fsp3) is 0.174. The lowest BCUT2D eigenvalue weighted by Crippen LogP contribution is -2.42. The number of carbonyl (C=O) groups excluding carboxylic acids is 1. The quantitative estimate of drug-likeness (QED) is 0.516. The average molecular weight is 450 g/mol. The van der Waals surface area contributed by atoms with Gasteiger partial charge in [-0.2, -0.15) is 0 Å². The van der Waals surface area contributed by atoms with E-state index in [1.807, 2.05) is 26.0 Å². The molecule has 0 fully saturated rings. The van der Waals surface area contributed by atoms with Crippen molar-refractivity contribution in [2.75, 3.05) is 5.32 Å². The second kappa shape index (κ2) is 8.39. The van der Waals surface area contributed by atoms with Crippen molar-refractivity contribution in [2.45, 2.75) is 20.4 Å². The molecule has 0 bridgehead atoms. The SMILES string of the molecule is Cc1ccc(NC(=O)Cn2c(=O)c3cnc(-c4ccc(Cl)cc4)nc3n(C)c2=O)cc1C. The van der Waals surface area contributed by atoms with E-state index in [0.29, 0.717) is 22.1 Å². The number of nitrogens with zero attached hydrogens (tertiary/aromatic N) is 4. The number of nitrogens with one attached hydrogen (secondary N) is 1. The molecule has 0 unspecified atom stereocenters. The van der Waals surface area contributed by atoms with Crippen LogP contribution in [0.15, 0.2) is 58.3 Å². The summed E-state index contributed by atoms with van der Waals surface area (Å²) in [4.78, 5) is 47.0. The van der Waals surface area contributed by atoms with Gasteiger partial charge in [0.25, 0.3) is 5.56 Å². The minimum Gasteiger partial charge on any atom is -0.325 e. The minimum atomic E-state index is -0.640. The standard InChI is InChI=1S/C23H20ClN5O3/c1-13-4-9-17(10-14(13)2)26-19(30)12-29-22(31)18-11-25-20(15-5-7-16(24)8-6-15)27-21(18)28(3)23(29)32/h4-11H,12H2,1-3H3,(H,26,30). The summed E-state index contributed by atoms with van der Waals surface area (Å²) >= 11 is 5.92. The Bertz CT molecular complexity index is 1470. The molecule has 0 aliphatic heterocycles. The first-order chi connectivity index (χ1) is 15.2. The van der Waals surface area contributed by atoms with Crippen LogP contribution in [0.2, 0.25) is 5.02 Å². The lowest BCUT2D eigenvalue weighted by atomic mass is 10.1. The molecule has 2 aromatic heterocycles. The lowest BCUT2D eigenvalue weighted by Gasteiger charge is -2.12. The van der Waals surface area contributed by atoms with Crippen LogP contribution in [0.5, 0.6) is 0 Å². The molecule has 162 valence electrons. The van der Waals surface area contributed by atoms with E-state index in [1.54, 1.807) is 30.3 Å². The fourth-order valence-corrected chi connectivity index (χ4v) is 3.45. The molecule has 2 heterocycles. The molecule has 9 heteroatoms. The van der Waals surface area contributed by atoms with Crippen LogP contribution in [0.3, 0.4) is 0 Å². The maximum Gasteiger partial charge on any atom is 0.332 e. The van der Waals surface area contributed by atoms with Crippen molar-refractivity contribution in [1.82, 2.24) is 19.1 Å². The van der Waals surface area contributed by atoms with Crippen LogP contribution in [-0.2, 0) is 18.4 Å². The summed E-state index contributed by atoms with van der Waals surface area (Å²) in [6, 6.07) is 12.4. The maximum atomic E-state index is 13.0. The Balaban J connectivity index is 1.69. The van der Waals surface area contributed by atoms with Gasteiger partial charge in [0.2, 0.25) is 5.91 Å². The van der Waals surface area contributed by atoms with Crippen molar-refractivity contribution in [1.29, 1.82) is 0 Å². The zero-order valence-corrected chi connectivity index (χ0v) is 18.5. The molecule has 0 aliphatic rings. The Morgan fingerprint density at radius 1 is 1.06 bits per heavy atom. The molecular weight excluding hydrogens is 430 g/mol. The molecule has 4 rings (SSSR count). The first kappa shape index (κ1) is 21.5. The van der Waals surface area contributed by atoms with E-state index in [9.17, 15) is 14.4 Å². The zero-order chi connectivity index (χ0) is 23.0. The molecule has 2 aromatic carbocycles. The molecule has 0 aliphatic carbocycles. The van der Waals surface area contributed by atoms with Crippen molar-refractivity contribution < 1.29 is 4.79 Å². The first-order valence-corrected chi connectivity index (χ1v) is 10.2. The number of aromatic nitrogens is 4. The van der Waals surface area contributed by atoms with Gasteiger partial charge >= 0.3 is 5.69 Å². The molecule has 0 saturated carbocycles. The van der Waals surface area contributed by atoms with Crippen molar-refractivity contribution in [2.24, 2.45) is 7.05 Å². The summed E-state index contributed by atoms with van der Waals surface area (Å²) in [7, 11) is 1.50. The van der Waals surface area contributed by atoms with E-state index in [1.165, 1.54) is 17.8 Å². The van der Waals surface area contributed by atoms with Gasteiger partial charge in [-0.3, -0.25) is 18.7 Å². The summed E-state index contributed by atoms with van der Waals surface area (Å²) in [5, 5.41) is 3.44. The second-order valence-corrected chi connectivity index (χ2v) is 7.95. The summed E-state index contributed by atoms with van der Waals surface area (Å²) < 4.78 is 2.12. The summed E-state index contributed by atoms with van der Waals surface area (Å²) in [5.74, 6) is -0.126. The summed E-state index contributed by atoms with van der Waals surface area (Å²) in [6.07, 6.45) is 1.37. The number of fused-ring (bicyclic) bond motifs is 1. The zero-order valence-electron chi connectivity index (χ0n) is 17.7. The monoisotopic (exact) mass is 449 g/mol. The van der Waals surface area contributed by atoms with Crippen LogP contribution in [0.1, 0.15) is 11.1 Å². The van der Waals surface area contributed by atoms with Gasteiger partial charge in [0.1, 0.15) is 11.9 Å². The Kier molecular flexibility index (Phi) is 5.63. The van der Waals surface area contributed by atoms with E-state index in [-0.39, 0.29) is 11.0 Å². The molecule has 1 N–H and O–H groups in total. The van der Waals surface area contributed by atoms with E-state index in [4.69, 9.17) is 11.6 Å². The van der Waals surface area contributed by atoms with E-state index >= 15 is 0 Å². The highest BCUT2D eigenvalue weighted by molar-refractivity contribution is 6.30. The summed E-state index contributed by atoms with van der Waals surface area (Å²) in [5.41, 5.74) is 2.33. The van der Waals surface area contributed by atoms with Gasteiger partial charge < -0.3 is 5.32 Å². The highest BCUT2D eigenvalue weighted by Crippen LogP contribution is 2.19. The molecule has 0 atom stereocenters. The average Bonchev–Trinajstić information content (AvgIpc) is 2.78. The van der Waals surface area contributed by atoms with Crippen molar-refractivity contribution in [3.63, 3.8) is 0 Å². The van der Waals surface area contributed by atoms with Gasteiger partial charge in [0.15, 0.2) is 11.5 Å². The van der Waals surface area contributed by atoms with Crippen molar-refractivity contribution in [3.05, 3.63) is 85.6 Å². The molecule has 8 nitrogen and oxygen atoms in total. The second-order valence-electron chi connectivity index (χ2n) is 7.52. The Morgan fingerprint density at radius 2 is 1.78 bits per heavy atom. The third kappa shape index (κ3) is 4.04. The lowest BCUT2D eigenvalue weighted by molar-refractivity contribution is -0.116. The third-order valence-electron chi connectivity index (χ3n) is 5.27. The summed E-state index contributed by atoms with van der Waals surface area (Å²) in [6.45, 7) is 3.49. The number of amides is 1. The van der Waals surface area contributed by atoms with Crippen molar-refractivity contribution in [3.8, 4) is 11.4 Å². The van der Waals surface area contributed by atoms with Crippen LogP contribution in [0.25, 0.3) is 22.4 Å². The molecule has 32 heavy (non-hydrogen) atoms. The van der Waals surface area contributed by atoms with Gasteiger partial charge in [-0.05, 0) is 61.4 Å². The number of halogens is 1. The Labute approximate surface area is 188 Å². The Hall–Kier alpha value is -3.78. The van der Waals surface area contributed by atoms with Crippen molar-refractivity contribution >= 4 is 34.2 Å². The molecule has 4 aromatic rings. The number of anilines is 1. The number of carbonyl (C=O) groups is 1. The van der Waals surface area contributed by atoms with Gasteiger partial charge in [0, 0.05) is 29.5 Å². The fourth-order valence-electron chi connectivity index (χ4n) is 3.32. The molecule has 0 spiro atoms. The van der Waals surface area contributed by atoms with Gasteiger partial charge in [0.05, 0.1) is 0 Å². The van der Waals surface area contributed by atoms with Crippen LogP contribution in [0, 0.1) is 13.8 Å². The van der Waals surface area contributed by atoms with Gasteiger partial charge in [-0.1, -0.05) is 17.7 Å². The largest absolute Gasteiger partial charge is 0.332 e. The van der Waals surface area contributed by atoms with Gasteiger partial charge in [-0.25, -0.2) is 14.8 Å². The molecular formula is C23H20ClN5O3. The first-order valence-electron chi connectivity index (χ1n) is 9.84. The predicted octanol–water partition coefficient (Wildman–Crippen LogP) is 3.07. The number of hydrogen-bond acceptors (Lipinski definition) is 5. The maximum absolute atomic E-state index is 13.0. The topological polar surface area (TPSA) is 98.9 Å². The molecule has 0 radical (unpaired) electrons. The van der Waals surface area contributed by atoms with E-state index < -0.39 is 23.7 Å². The highest BCUT2D eigenvalue weighted by Gasteiger charge is 2.16. The third-order valence-corrected chi connectivity index (χ3v) is 5.53. The Morgan fingerprint density at radius 3 is 2.47 bits per heavy atom. The predicted molar refractivity (Wildman–Crippen MR) is 124 cm³/mol. The number of benzene rings is 2. The minimum absolute atomic E-state index is 0.142. The van der Waals surface area contributed by atoms with Crippen LogP contribution < -0.4 is 16.6 Å².